The summed E-state index contributed by atoms with van der Waals surface area (Å²) in [6, 6.07) is 8.47. The maximum absolute atomic E-state index is 4.21. The molecule has 2 rings (SSSR count). The third-order valence-electron chi connectivity index (χ3n) is 3.02. The number of nitrogens with one attached hydrogen (secondary N) is 2. The standard InChI is InChI=1S/C15H21N5.HI/c1-12-4-6-13(7-5-12)8-17-15(16-2)18-9-14-10-19-20(3)11-14;/h4-7,10-11H,8-9H2,1-3H3,(H2,16,17,18);1H. The Morgan fingerprint density at radius 1 is 1.14 bits per heavy atom. The van der Waals surface area contributed by atoms with E-state index in [4.69, 9.17) is 0 Å². The van der Waals surface area contributed by atoms with Crippen LogP contribution in [0.2, 0.25) is 0 Å². The number of hydrogen-bond donors (Lipinski definition) is 2. The third kappa shape index (κ3) is 5.74. The summed E-state index contributed by atoms with van der Waals surface area (Å²) in [5.74, 6) is 0.787. The number of nitrogens with zero attached hydrogens (tertiary/aromatic N) is 3. The lowest BCUT2D eigenvalue weighted by Crippen LogP contribution is -2.36. The summed E-state index contributed by atoms with van der Waals surface area (Å²) in [6.07, 6.45) is 3.83. The molecule has 114 valence electrons. The van der Waals surface area contributed by atoms with Gasteiger partial charge in [-0.25, -0.2) is 0 Å². The zero-order valence-electron chi connectivity index (χ0n) is 12.6. The number of hydrogen-bond acceptors (Lipinski definition) is 2. The molecule has 0 atom stereocenters. The van der Waals surface area contributed by atoms with Crippen LogP contribution >= 0.6 is 24.0 Å². The minimum atomic E-state index is 0. The van der Waals surface area contributed by atoms with Crippen LogP contribution in [0, 0.1) is 6.92 Å². The van der Waals surface area contributed by atoms with E-state index in [2.05, 4.69) is 51.9 Å². The van der Waals surface area contributed by atoms with Crippen LogP contribution in [0.15, 0.2) is 41.7 Å². The molecule has 0 radical (unpaired) electrons. The first kappa shape index (κ1) is 17.5. The van der Waals surface area contributed by atoms with Crippen molar-refractivity contribution < 1.29 is 0 Å². The van der Waals surface area contributed by atoms with Crippen molar-refractivity contribution in [1.82, 2.24) is 20.4 Å². The largest absolute Gasteiger partial charge is 0.352 e. The van der Waals surface area contributed by atoms with Gasteiger partial charge in [0.05, 0.1) is 6.20 Å². The molecule has 0 amide bonds. The van der Waals surface area contributed by atoms with Crippen LogP contribution in [0.1, 0.15) is 16.7 Å². The van der Waals surface area contributed by atoms with Crippen molar-refractivity contribution >= 4 is 29.9 Å². The summed E-state index contributed by atoms with van der Waals surface area (Å²) in [5, 5.41) is 10.7. The highest BCUT2D eigenvalue weighted by Gasteiger charge is 2.00. The molecular weight excluding hydrogens is 377 g/mol. The van der Waals surface area contributed by atoms with Gasteiger partial charge in [0, 0.05) is 38.9 Å². The predicted molar refractivity (Wildman–Crippen MR) is 96.8 cm³/mol. The minimum Gasteiger partial charge on any atom is -0.352 e. The quantitative estimate of drug-likeness (QED) is 0.471. The average molecular weight is 399 g/mol. The van der Waals surface area contributed by atoms with E-state index in [1.165, 1.54) is 11.1 Å². The fourth-order valence-electron chi connectivity index (χ4n) is 1.86. The van der Waals surface area contributed by atoms with E-state index >= 15 is 0 Å². The second-order valence-corrected chi connectivity index (χ2v) is 4.79. The van der Waals surface area contributed by atoms with Gasteiger partial charge in [0.15, 0.2) is 5.96 Å². The molecule has 0 saturated carbocycles. The van der Waals surface area contributed by atoms with Crippen LogP contribution in [0.4, 0.5) is 0 Å². The van der Waals surface area contributed by atoms with Gasteiger partial charge in [0.1, 0.15) is 0 Å². The molecule has 0 saturated heterocycles. The van der Waals surface area contributed by atoms with E-state index in [0.29, 0.717) is 6.54 Å². The number of guanidine groups is 1. The Morgan fingerprint density at radius 2 is 1.76 bits per heavy atom. The van der Waals surface area contributed by atoms with Gasteiger partial charge in [-0.2, -0.15) is 5.10 Å². The van der Waals surface area contributed by atoms with E-state index in [1.54, 1.807) is 11.7 Å². The van der Waals surface area contributed by atoms with Crippen molar-refractivity contribution in [2.24, 2.45) is 12.0 Å². The molecule has 0 bridgehead atoms. The fourth-order valence-corrected chi connectivity index (χ4v) is 1.86. The summed E-state index contributed by atoms with van der Waals surface area (Å²) in [5.41, 5.74) is 3.64. The number of aliphatic imine (C=N–C) groups is 1. The lowest BCUT2D eigenvalue weighted by Gasteiger charge is -2.11. The molecule has 21 heavy (non-hydrogen) atoms. The molecule has 0 aliphatic heterocycles. The molecule has 6 heteroatoms. The first-order valence-corrected chi connectivity index (χ1v) is 6.65. The highest BCUT2D eigenvalue weighted by Crippen LogP contribution is 2.02. The number of halogens is 1. The second kappa shape index (κ2) is 8.66. The van der Waals surface area contributed by atoms with E-state index in [9.17, 15) is 0 Å². The van der Waals surface area contributed by atoms with Crippen molar-refractivity contribution in [2.45, 2.75) is 20.0 Å². The summed E-state index contributed by atoms with van der Waals surface area (Å²) in [7, 11) is 3.68. The van der Waals surface area contributed by atoms with Crippen LogP contribution in [-0.4, -0.2) is 22.8 Å². The first-order chi connectivity index (χ1) is 9.67. The van der Waals surface area contributed by atoms with Gasteiger partial charge in [0.25, 0.3) is 0 Å². The summed E-state index contributed by atoms with van der Waals surface area (Å²) in [4.78, 5) is 4.21. The summed E-state index contributed by atoms with van der Waals surface area (Å²) >= 11 is 0. The molecule has 1 aromatic heterocycles. The first-order valence-electron chi connectivity index (χ1n) is 6.65. The lowest BCUT2D eigenvalue weighted by molar-refractivity contribution is 0.765. The monoisotopic (exact) mass is 399 g/mol. The molecule has 2 N–H and O–H groups in total. The zero-order valence-corrected chi connectivity index (χ0v) is 15.0. The van der Waals surface area contributed by atoms with Gasteiger partial charge in [-0.3, -0.25) is 9.67 Å². The second-order valence-electron chi connectivity index (χ2n) is 4.79. The summed E-state index contributed by atoms with van der Waals surface area (Å²) in [6.45, 7) is 3.56. The molecule has 0 unspecified atom stereocenters. The molecule has 5 nitrogen and oxygen atoms in total. The van der Waals surface area contributed by atoms with Crippen LogP contribution in [0.5, 0.6) is 0 Å². The van der Waals surface area contributed by atoms with Gasteiger partial charge in [-0.05, 0) is 12.5 Å². The minimum absolute atomic E-state index is 0. The molecule has 0 fully saturated rings. The van der Waals surface area contributed by atoms with Crippen LogP contribution < -0.4 is 10.6 Å². The Hall–Kier alpha value is -1.57. The van der Waals surface area contributed by atoms with Gasteiger partial charge in [-0.15, -0.1) is 24.0 Å². The zero-order chi connectivity index (χ0) is 14.4. The van der Waals surface area contributed by atoms with Crippen molar-refractivity contribution in [1.29, 1.82) is 0 Å². The van der Waals surface area contributed by atoms with Crippen LogP contribution in [-0.2, 0) is 20.1 Å². The Kier molecular flexibility index (Phi) is 7.21. The van der Waals surface area contributed by atoms with Crippen LogP contribution in [0.3, 0.4) is 0 Å². The van der Waals surface area contributed by atoms with Gasteiger partial charge < -0.3 is 10.6 Å². The highest BCUT2D eigenvalue weighted by molar-refractivity contribution is 14.0. The lowest BCUT2D eigenvalue weighted by atomic mass is 10.1. The van der Waals surface area contributed by atoms with Gasteiger partial charge in [0.2, 0.25) is 0 Å². The predicted octanol–water partition coefficient (Wildman–Crippen LogP) is 2.21. The van der Waals surface area contributed by atoms with Crippen molar-refractivity contribution in [2.75, 3.05) is 7.05 Å². The molecule has 1 heterocycles. The van der Waals surface area contributed by atoms with Gasteiger partial charge in [-0.1, -0.05) is 29.8 Å². The number of aryl methyl sites for hydroxylation is 2. The van der Waals surface area contributed by atoms with E-state index in [1.807, 2.05) is 19.4 Å². The van der Waals surface area contributed by atoms with Gasteiger partial charge >= 0.3 is 0 Å². The normalized spacial score (nSPS) is 10.9. The molecule has 0 aliphatic rings. The Balaban J connectivity index is 0.00000220. The van der Waals surface area contributed by atoms with Crippen LogP contribution in [0.25, 0.3) is 0 Å². The van der Waals surface area contributed by atoms with E-state index in [-0.39, 0.29) is 24.0 Å². The Morgan fingerprint density at radius 3 is 2.29 bits per heavy atom. The highest BCUT2D eigenvalue weighted by atomic mass is 127. The molecule has 1 aromatic carbocycles. The smallest absolute Gasteiger partial charge is 0.191 e. The third-order valence-corrected chi connectivity index (χ3v) is 3.02. The van der Waals surface area contributed by atoms with Crippen molar-refractivity contribution in [3.63, 3.8) is 0 Å². The topological polar surface area (TPSA) is 54.2 Å². The molecule has 2 aromatic rings. The molecular formula is C15H22IN5. The van der Waals surface area contributed by atoms with E-state index in [0.717, 1.165) is 18.1 Å². The SMILES string of the molecule is CN=C(NCc1ccc(C)cc1)NCc1cnn(C)c1.I. The number of aromatic nitrogens is 2. The average Bonchev–Trinajstić information content (AvgIpc) is 2.87. The maximum atomic E-state index is 4.21. The number of benzene rings is 1. The Bertz CT molecular complexity index is 574. The maximum Gasteiger partial charge on any atom is 0.191 e. The van der Waals surface area contributed by atoms with Crippen molar-refractivity contribution in [3.8, 4) is 0 Å². The Labute approximate surface area is 142 Å². The molecule has 0 spiro atoms. The van der Waals surface area contributed by atoms with Crippen molar-refractivity contribution in [3.05, 3.63) is 53.3 Å². The molecule has 0 aliphatic carbocycles. The fraction of sp³-hybridized carbons (Fsp3) is 0.333. The van der Waals surface area contributed by atoms with E-state index < -0.39 is 0 Å². The summed E-state index contributed by atoms with van der Waals surface area (Å²) < 4.78 is 1.79. The number of rotatable bonds is 4.